The average molecular weight is 399 g/mol. The summed E-state index contributed by atoms with van der Waals surface area (Å²) >= 11 is 11.7. The van der Waals surface area contributed by atoms with Crippen LogP contribution in [0.25, 0.3) is 0 Å². The van der Waals surface area contributed by atoms with Gasteiger partial charge in [-0.05, 0) is 24.3 Å². The summed E-state index contributed by atoms with van der Waals surface area (Å²) < 4.78 is 9.81. The van der Waals surface area contributed by atoms with E-state index in [1.54, 1.807) is 0 Å². The molecule has 0 saturated heterocycles. The van der Waals surface area contributed by atoms with Gasteiger partial charge in [-0.25, -0.2) is 4.79 Å². The molecular formula is C16H12Cl2N2O6. The SMILES string of the molecule is O=C(COC(=O)COc1ccccc1[N+](=O)[O-])Nc1ccc(Cl)cc1Cl. The Balaban J connectivity index is 1.81. The number of nitrogens with one attached hydrogen (secondary N) is 1. The van der Waals surface area contributed by atoms with Crippen LogP contribution in [0, 0.1) is 10.1 Å². The van der Waals surface area contributed by atoms with Crippen LogP contribution < -0.4 is 10.1 Å². The van der Waals surface area contributed by atoms with E-state index in [2.05, 4.69) is 5.32 Å². The number of carbonyl (C=O) groups excluding carboxylic acids is 2. The predicted octanol–water partition coefficient (Wildman–Crippen LogP) is 3.46. The second kappa shape index (κ2) is 9.02. The summed E-state index contributed by atoms with van der Waals surface area (Å²) in [7, 11) is 0. The van der Waals surface area contributed by atoms with Crippen LogP contribution in [0.4, 0.5) is 11.4 Å². The van der Waals surface area contributed by atoms with Gasteiger partial charge in [0.05, 0.1) is 15.6 Å². The molecule has 2 rings (SSSR count). The van der Waals surface area contributed by atoms with Crippen LogP contribution in [0.5, 0.6) is 5.75 Å². The summed E-state index contributed by atoms with van der Waals surface area (Å²) in [5.74, 6) is -1.55. The first-order valence-electron chi connectivity index (χ1n) is 7.13. The quantitative estimate of drug-likeness (QED) is 0.434. The fourth-order valence-electron chi connectivity index (χ4n) is 1.83. The molecule has 0 aliphatic rings. The molecule has 0 radical (unpaired) electrons. The molecule has 0 aliphatic carbocycles. The van der Waals surface area contributed by atoms with Crippen molar-refractivity contribution in [3.8, 4) is 5.75 Å². The second-order valence-corrected chi connectivity index (χ2v) is 5.69. The average Bonchev–Trinajstić information content (AvgIpc) is 2.60. The largest absolute Gasteiger partial charge is 0.475 e. The number of amides is 1. The number of ether oxygens (including phenoxy) is 2. The first kappa shape index (κ1) is 19.5. The van der Waals surface area contributed by atoms with Crippen LogP contribution in [0.1, 0.15) is 0 Å². The number of esters is 1. The number of rotatable bonds is 7. The van der Waals surface area contributed by atoms with Gasteiger partial charge < -0.3 is 14.8 Å². The van der Waals surface area contributed by atoms with Gasteiger partial charge in [0.25, 0.3) is 5.91 Å². The number of para-hydroxylation sites is 2. The zero-order chi connectivity index (χ0) is 19.1. The molecule has 0 spiro atoms. The predicted molar refractivity (Wildman–Crippen MR) is 94.6 cm³/mol. The molecule has 0 aromatic heterocycles. The third-order valence-electron chi connectivity index (χ3n) is 2.98. The maximum Gasteiger partial charge on any atom is 0.344 e. The monoisotopic (exact) mass is 398 g/mol. The van der Waals surface area contributed by atoms with Crippen molar-refractivity contribution in [1.29, 1.82) is 0 Å². The molecule has 0 atom stereocenters. The molecule has 10 heteroatoms. The number of nitrogens with zero attached hydrogens (tertiary/aromatic N) is 1. The molecule has 0 saturated carbocycles. The van der Waals surface area contributed by atoms with Gasteiger partial charge in [-0.15, -0.1) is 0 Å². The lowest BCUT2D eigenvalue weighted by atomic mass is 10.3. The standard InChI is InChI=1S/C16H12Cl2N2O6/c17-10-5-6-12(11(18)7-10)19-15(21)8-26-16(22)9-25-14-4-2-1-3-13(14)20(23)24/h1-7H,8-9H2,(H,19,21). The van der Waals surface area contributed by atoms with Crippen molar-refractivity contribution in [2.24, 2.45) is 0 Å². The van der Waals surface area contributed by atoms with Crippen molar-refractivity contribution in [2.75, 3.05) is 18.5 Å². The summed E-state index contributed by atoms with van der Waals surface area (Å²) in [5, 5.41) is 13.9. The number of benzene rings is 2. The third-order valence-corrected chi connectivity index (χ3v) is 3.52. The zero-order valence-corrected chi connectivity index (χ0v) is 14.6. The maximum atomic E-state index is 11.8. The Bertz CT molecular complexity index is 843. The lowest BCUT2D eigenvalue weighted by Crippen LogP contribution is -2.23. The lowest BCUT2D eigenvalue weighted by Gasteiger charge is -2.09. The van der Waals surface area contributed by atoms with E-state index in [4.69, 9.17) is 32.7 Å². The van der Waals surface area contributed by atoms with Crippen LogP contribution in [0.15, 0.2) is 42.5 Å². The summed E-state index contributed by atoms with van der Waals surface area (Å²) in [4.78, 5) is 33.6. The summed E-state index contributed by atoms with van der Waals surface area (Å²) in [6.45, 7) is -1.15. The van der Waals surface area contributed by atoms with Gasteiger partial charge in [-0.2, -0.15) is 0 Å². The van der Waals surface area contributed by atoms with E-state index in [1.807, 2.05) is 0 Å². The highest BCUT2D eigenvalue weighted by Gasteiger charge is 2.16. The fraction of sp³-hybridized carbons (Fsp3) is 0.125. The topological polar surface area (TPSA) is 108 Å². The Kier molecular flexibility index (Phi) is 6.76. The molecule has 2 aromatic rings. The van der Waals surface area contributed by atoms with Gasteiger partial charge in [-0.3, -0.25) is 14.9 Å². The Morgan fingerprint density at radius 3 is 2.54 bits per heavy atom. The number of halogens is 2. The normalized spacial score (nSPS) is 10.1. The van der Waals surface area contributed by atoms with Crippen LogP contribution >= 0.6 is 23.2 Å². The molecule has 0 bridgehead atoms. The number of carbonyl (C=O) groups is 2. The van der Waals surface area contributed by atoms with Crippen LogP contribution in [-0.2, 0) is 14.3 Å². The van der Waals surface area contributed by atoms with Crippen molar-refractivity contribution in [2.45, 2.75) is 0 Å². The van der Waals surface area contributed by atoms with Gasteiger partial charge in [0.15, 0.2) is 19.0 Å². The molecule has 2 aromatic carbocycles. The van der Waals surface area contributed by atoms with Gasteiger partial charge in [0.1, 0.15) is 0 Å². The van der Waals surface area contributed by atoms with Gasteiger partial charge in [-0.1, -0.05) is 35.3 Å². The Hall–Kier alpha value is -2.84. The van der Waals surface area contributed by atoms with Gasteiger partial charge >= 0.3 is 11.7 Å². The molecule has 0 unspecified atom stereocenters. The lowest BCUT2D eigenvalue weighted by molar-refractivity contribution is -0.385. The minimum Gasteiger partial charge on any atom is -0.475 e. The fourth-order valence-corrected chi connectivity index (χ4v) is 2.29. The van der Waals surface area contributed by atoms with E-state index in [0.717, 1.165) is 0 Å². The number of nitro benzene ring substituents is 1. The highest BCUT2D eigenvalue weighted by atomic mass is 35.5. The molecule has 136 valence electrons. The van der Waals surface area contributed by atoms with Gasteiger partial charge in [0.2, 0.25) is 0 Å². The Morgan fingerprint density at radius 1 is 1.12 bits per heavy atom. The van der Waals surface area contributed by atoms with Crippen molar-refractivity contribution < 1.29 is 24.0 Å². The van der Waals surface area contributed by atoms with Crippen LogP contribution in [0.3, 0.4) is 0 Å². The van der Waals surface area contributed by atoms with E-state index < -0.39 is 30.0 Å². The molecular weight excluding hydrogens is 387 g/mol. The third kappa shape index (κ3) is 5.61. The zero-order valence-electron chi connectivity index (χ0n) is 13.1. The van der Waals surface area contributed by atoms with Crippen molar-refractivity contribution in [3.05, 3.63) is 62.6 Å². The smallest absolute Gasteiger partial charge is 0.344 e. The van der Waals surface area contributed by atoms with E-state index in [-0.39, 0.29) is 16.5 Å². The molecule has 0 fully saturated rings. The Labute approximate surface area is 157 Å². The summed E-state index contributed by atoms with van der Waals surface area (Å²) in [6.07, 6.45) is 0. The summed E-state index contributed by atoms with van der Waals surface area (Å²) in [6, 6.07) is 10.1. The first-order valence-corrected chi connectivity index (χ1v) is 7.89. The number of anilines is 1. The Morgan fingerprint density at radius 2 is 1.85 bits per heavy atom. The van der Waals surface area contributed by atoms with Crippen LogP contribution in [0.2, 0.25) is 10.0 Å². The van der Waals surface area contributed by atoms with E-state index in [9.17, 15) is 19.7 Å². The van der Waals surface area contributed by atoms with Crippen molar-refractivity contribution >= 4 is 46.5 Å². The van der Waals surface area contributed by atoms with Crippen molar-refractivity contribution in [3.63, 3.8) is 0 Å². The maximum absolute atomic E-state index is 11.8. The molecule has 1 amide bonds. The first-order chi connectivity index (χ1) is 12.4. The molecule has 1 N–H and O–H groups in total. The van der Waals surface area contributed by atoms with Gasteiger partial charge in [0, 0.05) is 11.1 Å². The molecule has 0 aliphatic heterocycles. The minimum absolute atomic E-state index is 0.0770. The van der Waals surface area contributed by atoms with E-state index in [1.165, 1.54) is 42.5 Å². The highest BCUT2D eigenvalue weighted by molar-refractivity contribution is 6.36. The van der Waals surface area contributed by atoms with E-state index >= 15 is 0 Å². The van der Waals surface area contributed by atoms with E-state index in [0.29, 0.717) is 10.7 Å². The molecule has 8 nitrogen and oxygen atoms in total. The number of nitro groups is 1. The minimum atomic E-state index is -0.861. The second-order valence-electron chi connectivity index (χ2n) is 4.85. The van der Waals surface area contributed by atoms with Crippen molar-refractivity contribution in [1.82, 2.24) is 0 Å². The molecule has 0 heterocycles. The number of hydrogen-bond donors (Lipinski definition) is 1. The van der Waals surface area contributed by atoms with Crippen LogP contribution in [-0.4, -0.2) is 30.0 Å². The molecule has 26 heavy (non-hydrogen) atoms. The number of hydrogen-bond acceptors (Lipinski definition) is 6. The summed E-state index contributed by atoms with van der Waals surface area (Å²) in [5.41, 5.74) is 0.0312. The highest BCUT2D eigenvalue weighted by Crippen LogP contribution is 2.26.